The van der Waals surface area contributed by atoms with E-state index < -0.39 is 0 Å². The van der Waals surface area contributed by atoms with E-state index in [4.69, 9.17) is 0 Å². The molecule has 1 heterocycles. The van der Waals surface area contributed by atoms with Crippen molar-refractivity contribution in [2.45, 2.75) is 19.3 Å². The predicted molar refractivity (Wildman–Crippen MR) is 73.6 cm³/mol. The maximum Gasteiger partial charge on any atom is 0.253 e. The Labute approximate surface area is 113 Å². The van der Waals surface area contributed by atoms with Crippen LogP contribution in [0, 0.1) is 11.7 Å². The van der Waals surface area contributed by atoms with Gasteiger partial charge in [0, 0.05) is 19.2 Å². The Hall–Kier alpha value is -1.42. The molecule has 104 valence electrons. The van der Waals surface area contributed by atoms with Crippen LogP contribution in [0.2, 0.25) is 0 Å². The van der Waals surface area contributed by atoms with Gasteiger partial charge in [-0.2, -0.15) is 0 Å². The van der Waals surface area contributed by atoms with Gasteiger partial charge in [-0.3, -0.25) is 4.79 Å². The minimum Gasteiger partial charge on any atom is -0.342 e. The van der Waals surface area contributed by atoms with E-state index in [-0.39, 0.29) is 11.7 Å². The number of hydrogen-bond donors (Lipinski definition) is 1. The van der Waals surface area contributed by atoms with Crippen LogP contribution in [0.25, 0.3) is 0 Å². The van der Waals surface area contributed by atoms with Crippen molar-refractivity contribution < 1.29 is 9.18 Å². The van der Waals surface area contributed by atoms with Crippen molar-refractivity contribution in [1.82, 2.24) is 10.2 Å². The van der Waals surface area contributed by atoms with Gasteiger partial charge in [0.25, 0.3) is 5.91 Å². The van der Waals surface area contributed by atoms with Crippen LogP contribution in [0.15, 0.2) is 24.3 Å². The number of piperidine rings is 1. The molecule has 3 nitrogen and oxygen atoms in total. The lowest BCUT2D eigenvalue weighted by molar-refractivity contribution is 0.0785. The highest BCUT2D eigenvalue weighted by Crippen LogP contribution is 2.15. The lowest BCUT2D eigenvalue weighted by Gasteiger charge is -2.25. The largest absolute Gasteiger partial charge is 0.342 e. The second kappa shape index (κ2) is 6.66. The van der Waals surface area contributed by atoms with Crippen molar-refractivity contribution in [2.24, 2.45) is 5.92 Å². The molecule has 1 amide bonds. The van der Waals surface area contributed by atoms with Crippen LogP contribution in [0.5, 0.6) is 0 Å². The summed E-state index contributed by atoms with van der Waals surface area (Å²) in [6.07, 6.45) is 3.49. The molecule has 1 atom stereocenters. The Bertz CT molecular complexity index is 413. The summed E-state index contributed by atoms with van der Waals surface area (Å²) in [5.41, 5.74) is 0.547. The fourth-order valence-corrected chi connectivity index (χ4v) is 2.46. The highest BCUT2D eigenvalue weighted by atomic mass is 19.1. The Morgan fingerprint density at radius 2 is 2.16 bits per heavy atom. The maximum absolute atomic E-state index is 12.8. The van der Waals surface area contributed by atoms with Crippen molar-refractivity contribution in [3.63, 3.8) is 0 Å². The molecule has 1 aliphatic rings. The molecule has 2 rings (SSSR count). The van der Waals surface area contributed by atoms with Gasteiger partial charge < -0.3 is 10.2 Å². The quantitative estimate of drug-likeness (QED) is 0.905. The van der Waals surface area contributed by atoms with Crippen molar-refractivity contribution in [3.05, 3.63) is 35.6 Å². The maximum atomic E-state index is 12.8. The predicted octanol–water partition coefficient (Wildman–Crippen LogP) is 2.29. The van der Waals surface area contributed by atoms with E-state index in [0.29, 0.717) is 11.5 Å². The van der Waals surface area contributed by atoms with Gasteiger partial charge in [0.15, 0.2) is 0 Å². The molecule has 1 fully saturated rings. The number of rotatable bonds is 4. The van der Waals surface area contributed by atoms with Crippen molar-refractivity contribution in [2.75, 3.05) is 26.7 Å². The van der Waals surface area contributed by atoms with E-state index in [2.05, 4.69) is 5.32 Å². The van der Waals surface area contributed by atoms with E-state index >= 15 is 0 Å². The average Bonchev–Trinajstić information content (AvgIpc) is 2.46. The van der Waals surface area contributed by atoms with Crippen molar-refractivity contribution >= 4 is 5.91 Å². The summed E-state index contributed by atoms with van der Waals surface area (Å²) in [5, 5.41) is 3.38. The van der Waals surface area contributed by atoms with Gasteiger partial charge in [-0.15, -0.1) is 0 Å². The first-order chi connectivity index (χ1) is 9.16. The van der Waals surface area contributed by atoms with Crippen LogP contribution in [0.3, 0.4) is 0 Å². The van der Waals surface area contributed by atoms with Crippen LogP contribution in [-0.4, -0.2) is 37.5 Å². The second-order valence-electron chi connectivity index (χ2n) is 5.23. The fourth-order valence-electron chi connectivity index (χ4n) is 2.46. The van der Waals surface area contributed by atoms with Gasteiger partial charge in [-0.05, 0) is 62.5 Å². The van der Waals surface area contributed by atoms with Gasteiger partial charge in [0.2, 0.25) is 0 Å². The minimum atomic E-state index is -0.313. The first kappa shape index (κ1) is 14.0. The number of carbonyl (C=O) groups excluding carboxylic acids is 1. The van der Waals surface area contributed by atoms with Gasteiger partial charge in [-0.1, -0.05) is 0 Å². The molecule has 4 heteroatoms. The fraction of sp³-hybridized carbons (Fsp3) is 0.533. The highest BCUT2D eigenvalue weighted by Gasteiger charge is 2.16. The minimum absolute atomic E-state index is 0.0382. The molecule has 1 saturated heterocycles. The molecule has 1 N–H and O–H groups in total. The number of benzene rings is 1. The summed E-state index contributed by atoms with van der Waals surface area (Å²) in [5.74, 6) is 0.313. The molecule has 0 spiro atoms. The van der Waals surface area contributed by atoms with E-state index in [1.54, 1.807) is 4.90 Å². The zero-order valence-corrected chi connectivity index (χ0v) is 11.4. The molecule has 1 aromatic rings. The number of hydrogen-bond acceptors (Lipinski definition) is 2. The number of nitrogens with one attached hydrogen (secondary N) is 1. The number of nitrogens with zero attached hydrogens (tertiary/aromatic N) is 1. The van der Waals surface area contributed by atoms with E-state index in [1.165, 1.54) is 37.1 Å². The van der Waals surface area contributed by atoms with E-state index in [0.717, 1.165) is 26.1 Å². The summed E-state index contributed by atoms with van der Waals surface area (Å²) >= 11 is 0. The van der Waals surface area contributed by atoms with Crippen molar-refractivity contribution in [1.29, 1.82) is 0 Å². The Kier molecular flexibility index (Phi) is 4.91. The molecule has 1 aliphatic heterocycles. The standard InChI is InChI=1S/C15H21FN2O/c1-18(10-8-12-3-2-9-17-11-12)15(19)13-4-6-14(16)7-5-13/h4-7,12,17H,2-3,8-11H2,1H3. The van der Waals surface area contributed by atoms with Crippen LogP contribution in [-0.2, 0) is 0 Å². The molecule has 0 radical (unpaired) electrons. The van der Waals surface area contributed by atoms with Gasteiger partial charge in [-0.25, -0.2) is 4.39 Å². The smallest absolute Gasteiger partial charge is 0.253 e. The first-order valence-electron chi connectivity index (χ1n) is 6.88. The van der Waals surface area contributed by atoms with Crippen LogP contribution in [0.1, 0.15) is 29.6 Å². The summed E-state index contributed by atoms with van der Waals surface area (Å²) in [6.45, 7) is 2.92. The SMILES string of the molecule is CN(CCC1CCCNC1)C(=O)c1ccc(F)cc1. The van der Waals surface area contributed by atoms with E-state index in [1.807, 2.05) is 7.05 Å². The van der Waals surface area contributed by atoms with Gasteiger partial charge in [0.05, 0.1) is 0 Å². The number of halogens is 1. The molecule has 1 aromatic carbocycles. The Morgan fingerprint density at radius 3 is 2.79 bits per heavy atom. The van der Waals surface area contributed by atoms with Crippen LogP contribution in [0.4, 0.5) is 4.39 Å². The third kappa shape index (κ3) is 4.03. The summed E-state index contributed by atoms with van der Waals surface area (Å²) in [7, 11) is 1.81. The third-order valence-electron chi connectivity index (χ3n) is 3.71. The van der Waals surface area contributed by atoms with Crippen LogP contribution < -0.4 is 5.32 Å². The Balaban J connectivity index is 1.83. The summed E-state index contributed by atoms with van der Waals surface area (Å²) in [6, 6.07) is 5.73. The molecule has 1 unspecified atom stereocenters. The molecule has 0 bridgehead atoms. The zero-order chi connectivity index (χ0) is 13.7. The molecule has 0 aromatic heterocycles. The first-order valence-corrected chi connectivity index (χ1v) is 6.88. The third-order valence-corrected chi connectivity index (χ3v) is 3.71. The molecule has 0 aliphatic carbocycles. The Morgan fingerprint density at radius 1 is 1.42 bits per heavy atom. The van der Waals surface area contributed by atoms with E-state index in [9.17, 15) is 9.18 Å². The lowest BCUT2D eigenvalue weighted by atomic mass is 9.96. The monoisotopic (exact) mass is 264 g/mol. The van der Waals surface area contributed by atoms with Crippen molar-refractivity contribution in [3.8, 4) is 0 Å². The molecule has 19 heavy (non-hydrogen) atoms. The molecule has 0 saturated carbocycles. The highest BCUT2D eigenvalue weighted by molar-refractivity contribution is 5.93. The summed E-state index contributed by atoms with van der Waals surface area (Å²) < 4.78 is 12.8. The topological polar surface area (TPSA) is 32.3 Å². The lowest BCUT2D eigenvalue weighted by Crippen LogP contribution is -2.34. The van der Waals surface area contributed by atoms with Gasteiger partial charge >= 0.3 is 0 Å². The second-order valence-corrected chi connectivity index (χ2v) is 5.23. The summed E-state index contributed by atoms with van der Waals surface area (Å²) in [4.78, 5) is 13.8. The number of carbonyl (C=O) groups is 1. The van der Waals surface area contributed by atoms with Gasteiger partial charge in [0.1, 0.15) is 5.82 Å². The zero-order valence-electron chi connectivity index (χ0n) is 11.4. The molecular formula is C15H21FN2O. The normalized spacial score (nSPS) is 19.2. The number of amides is 1. The van der Waals surface area contributed by atoms with Crippen LogP contribution >= 0.6 is 0 Å². The average molecular weight is 264 g/mol. The molecular weight excluding hydrogens is 243 g/mol.